The Hall–Kier alpha value is -2.47. The van der Waals surface area contributed by atoms with Crippen molar-refractivity contribution in [2.45, 2.75) is 25.7 Å². The van der Waals surface area contributed by atoms with Crippen molar-refractivity contribution < 1.29 is 14.4 Å². The van der Waals surface area contributed by atoms with Gasteiger partial charge in [-0.1, -0.05) is 34.1 Å². The van der Waals surface area contributed by atoms with Crippen molar-refractivity contribution in [2.75, 3.05) is 18.4 Å². The molecule has 0 saturated carbocycles. The third-order valence-corrected chi connectivity index (χ3v) is 5.06. The van der Waals surface area contributed by atoms with Crippen LogP contribution >= 0.6 is 15.9 Å². The number of anilines is 1. The number of nitrogens with one attached hydrogen (secondary N) is 1. The summed E-state index contributed by atoms with van der Waals surface area (Å²) in [6.07, 6.45) is 2.31. The van der Waals surface area contributed by atoms with Crippen LogP contribution < -0.4 is 5.32 Å². The molecule has 1 saturated heterocycles. The molecule has 27 heavy (non-hydrogen) atoms. The van der Waals surface area contributed by atoms with Gasteiger partial charge >= 0.3 is 0 Å². The molecule has 1 heterocycles. The van der Waals surface area contributed by atoms with Gasteiger partial charge in [0.15, 0.2) is 5.78 Å². The molecule has 5 nitrogen and oxygen atoms in total. The number of amides is 2. The summed E-state index contributed by atoms with van der Waals surface area (Å²) < 4.78 is 0.903. The first-order chi connectivity index (χ1) is 13.0. The maximum absolute atomic E-state index is 12.4. The van der Waals surface area contributed by atoms with Crippen LogP contribution in [-0.2, 0) is 4.79 Å². The van der Waals surface area contributed by atoms with Crippen LogP contribution in [0.4, 0.5) is 5.69 Å². The maximum Gasteiger partial charge on any atom is 0.253 e. The van der Waals surface area contributed by atoms with E-state index >= 15 is 0 Å². The largest absolute Gasteiger partial charge is 0.339 e. The van der Waals surface area contributed by atoms with Crippen molar-refractivity contribution in [3.05, 3.63) is 64.1 Å². The summed E-state index contributed by atoms with van der Waals surface area (Å²) in [4.78, 5) is 38.6. The Labute approximate surface area is 166 Å². The minimum Gasteiger partial charge on any atom is -0.339 e. The number of rotatable bonds is 6. The zero-order valence-corrected chi connectivity index (χ0v) is 16.5. The molecule has 0 aliphatic carbocycles. The summed E-state index contributed by atoms with van der Waals surface area (Å²) in [6, 6.07) is 14.0. The molecule has 0 bridgehead atoms. The normalized spacial score (nSPS) is 13.4. The second kappa shape index (κ2) is 8.95. The molecule has 6 heteroatoms. The Morgan fingerprint density at radius 2 is 1.63 bits per heavy atom. The topological polar surface area (TPSA) is 66.5 Å². The van der Waals surface area contributed by atoms with E-state index < -0.39 is 0 Å². The van der Waals surface area contributed by atoms with Crippen LogP contribution in [0.3, 0.4) is 0 Å². The Morgan fingerprint density at radius 1 is 0.926 bits per heavy atom. The molecule has 1 aliphatic rings. The third kappa shape index (κ3) is 5.26. The molecule has 1 fully saturated rings. The lowest BCUT2D eigenvalue weighted by Gasteiger charge is -2.15. The fourth-order valence-electron chi connectivity index (χ4n) is 3.06. The monoisotopic (exact) mass is 428 g/mol. The van der Waals surface area contributed by atoms with Gasteiger partial charge in [-0.15, -0.1) is 0 Å². The number of Topliss-reactive ketones (excluding diaryl/α,β-unsaturated/α-hetero) is 1. The van der Waals surface area contributed by atoms with Crippen molar-refractivity contribution in [1.82, 2.24) is 4.90 Å². The quantitative estimate of drug-likeness (QED) is 0.697. The zero-order valence-electron chi connectivity index (χ0n) is 14.9. The first-order valence-electron chi connectivity index (χ1n) is 9.01. The van der Waals surface area contributed by atoms with E-state index in [4.69, 9.17) is 0 Å². The highest BCUT2D eigenvalue weighted by Gasteiger charge is 2.19. The summed E-state index contributed by atoms with van der Waals surface area (Å²) in [7, 11) is 0. The molecule has 2 amide bonds. The molecule has 3 rings (SSSR count). The Kier molecular flexibility index (Phi) is 6.40. The summed E-state index contributed by atoms with van der Waals surface area (Å²) in [5.41, 5.74) is 1.73. The van der Waals surface area contributed by atoms with Gasteiger partial charge in [0.1, 0.15) is 0 Å². The van der Waals surface area contributed by atoms with Crippen molar-refractivity contribution in [3.63, 3.8) is 0 Å². The van der Waals surface area contributed by atoms with Gasteiger partial charge in [0, 0.05) is 47.2 Å². The number of ketones is 1. The first-order valence-corrected chi connectivity index (χ1v) is 9.80. The summed E-state index contributed by atoms with van der Waals surface area (Å²) in [5, 5.41) is 2.77. The molecule has 2 aromatic carbocycles. The number of carbonyl (C=O) groups is 3. The van der Waals surface area contributed by atoms with Gasteiger partial charge in [0.25, 0.3) is 5.91 Å². The first kappa shape index (κ1) is 19.3. The lowest BCUT2D eigenvalue weighted by Crippen LogP contribution is -2.27. The minimum atomic E-state index is -0.244. The highest BCUT2D eigenvalue weighted by Crippen LogP contribution is 2.17. The van der Waals surface area contributed by atoms with E-state index in [0.29, 0.717) is 16.8 Å². The van der Waals surface area contributed by atoms with E-state index in [1.54, 1.807) is 48.5 Å². The zero-order chi connectivity index (χ0) is 19.2. The fraction of sp³-hybridized carbons (Fsp3) is 0.286. The van der Waals surface area contributed by atoms with E-state index in [1.807, 2.05) is 4.90 Å². The van der Waals surface area contributed by atoms with Crippen molar-refractivity contribution in [2.24, 2.45) is 0 Å². The second-order valence-corrected chi connectivity index (χ2v) is 7.47. The lowest BCUT2D eigenvalue weighted by molar-refractivity contribution is -0.116. The van der Waals surface area contributed by atoms with E-state index in [9.17, 15) is 14.4 Å². The SMILES string of the molecule is O=C(CCC(=O)c1ccc(Br)cc1)Nc1cccc(C(=O)N2CCCC2)c1. The van der Waals surface area contributed by atoms with Crippen LogP contribution in [0.25, 0.3) is 0 Å². The number of halogens is 1. The van der Waals surface area contributed by atoms with Gasteiger partial charge in [0.05, 0.1) is 0 Å². The van der Waals surface area contributed by atoms with Crippen LogP contribution in [0.2, 0.25) is 0 Å². The van der Waals surface area contributed by atoms with Gasteiger partial charge in [-0.3, -0.25) is 14.4 Å². The molecule has 1 N–H and O–H groups in total. The minimum absolute atomic E-state index is 0.00554. The number of carbonyl (C=O) groups excluding carboxylic acids is 3. The highest BCUT2D eigenvalue weighted by molar-refractivity contribution is 9.10. The third-order valence-electron chi connectivity index (χ3n) is 4.53. The van der Waals surface area contributed by atoms with Crippen LogP contribution in [-0.4, -0.2) is 35.6 Å². The molecular weight excluding hydrogens is 408 g/mol. The number of nitrogens with zero attached hydrogens (tertiary/aromatic N) is 1. The van der Waals surface area contributed by atoms with Gasteiger partial charge in [0.2, 0.25) is 5.91 Å². The van der Waals surface area contributed by atoms with Crippen LogP contribution in [0.1, 0.15) is 46.4 Å². The summed E-state index contributed by atoms with van der Waals surface area (Å²) >= 11 is 3.33. The molecule has 0 aromatic heterocycles. The van der Waals surface area contributed by atoms with E-state index in [0.717, 1.165) is 30.4 Å². The average molecular weight is 429 g/mol. The van der Waals surface area contributed by atoms with Crippen LogP contribution in [0.15, 0.2) is 53.0 Å². The van der Waals surface area contributed by atoms with E-state index in [1.165, 1.54) is 0 Å². The van der Waals surface area contributed by atoms with Crippen LogP contribution in [0.5, 0.6) is 0 Å². The second-order valence-electron chi connectivity index (χ2n) is 6.56. The summed E-state index contributed by atoms with van der Waals surface area (Å²) in [6.45, 7) is 1.57. The Morgan fingerprint density at radius 3 is 2.33 bits per heavy atom. The van der Waals surface area contributed by atoms with Gasteiger partial charge < -0.3 is 10.2 Å². The molecule has 0 unspecified atom stereocenters. The van der Waals surface area contributed by atoms with Gasteiger partial charge in [-0.25, -0.2) is 0 Å². The molecule has 140 valence electrons. The number of hydrogen-bond acceptors (Lipinski definition) is 3. The molecule has 0 spiro atoms. The standard InChI is InChI=1S/C21H21BrN2O3/c22-17-8-6-15(7-9-17)19(25)10-11-20(26)23-18-5-3-4-16(14-18)21(27)24-12-1-2-13-24/h3-9,14H,1-2,10-13H2,(H,23,26). The van der Waals surface area contributed by atoms with E-state index in [-0.39, 0.29) is 30.4 Å². The Bertz CT molecular complexity index is 843. The molecule has 2 aromatic rings. The van der Waals surface area contributed by atoms with Gasteiger partial charge in [-0.05, 0) is 43.2 Å². The number of benzene rings is 2. The Balaban J connectivity index is 1.54. The maximum atomic E-state index is 12.4. The molecule has 0 atom stereocenters. The fourth-order valence-corrected chi connectivity index (χ4v) is 3.33. The van der Waals surface area contributed by atoms with Crippen molar-refractivity contribution >= 4 is 39.2 Å². The van der Waals surface area contributed by atoms with Crippen LogP contribution in [0, 0.1) is 0 Å². The number of hydrogen-bond donors (Lipinski definition) is 1. The molecule has 1 aliphatic heterocycles. The highest BCUT2D eigenvalue weighted by atomic mass is 79.9. The number of likely N-dealkylation sites (tertiary alicyclic amines) is 1. The lowest BCUT2D eigenvalue weighted by atomic mass is 10.1. The average Bonchev–Trinajstić information content (AvgIpc) is 3.21. The predicted molar refractivity (Wildman–Crippen MR) is 108 cm³/mol. The van der Waals surface area contributed by atoms with Gasteiger partial charge in [-0.2, -0.15) is 0 Å². The summed E-state index contributed by atoms with van der Waals surface area (Å²) in [5.74, 6) is -0.323. The van der Waals surface area contributed by atoms with E-state index in [2.05, 4.69) is 21.2 Å². The van der Waals surface area contributed by atoms with Crippen molar-refractivity contribution in [3.8, 4) is 0 Å². The smallest absolute Gasteiger partial charge is 0.253 e. The van der Waals surface area contributed by atoms with Crippen molar-refractivity contribution in [1.29, 1.82) is 0 Å². The molecule has 0 radical (unpaired) electrons. The predicted octanol–water partition coefficient (Wildman–Crippen LogP) is 4.29. The molecular formula is C21H21BrN2O3.